The van der Waals surface area contributed by atoms with Crippen molar-refractivity contribution in [1.29, 1.82) is 0 Å². The Morgan fingerprint density at radius 3 is 2.56 bits per heavy atom. The predicted octanol–water partition coefficient (Wildman–Crippen LogP) is 0.467. The summed E-state index contributed by atoms with van der Waals surface area (Å²) in [5.74, 6) is 0.175. The fourth-order valence-electron chi connectivity index (χ4n) is 3.06. The monoisotopic (exact) mass is 225 g/mol. The molecule has 2 aliphatic rings. The molecule has 1 amide bonds. The van der Waals surface area contributed by atoms with Crippen molar-refractivity contribution in [2.24, 2.45) is 5.73 Å². The van der Waals surface area contributed by atoms with E-state index in [0.29, 0.717) is 24.7 Å². The van der Waals surface area contributed by atoms with Gasteiger partial charge in [-0.05, 0) is 32.1 Å². The second-order valence-electron chi connectivity index (χ2n) is 5.14. The van der Waals surface area contributed by atoms with E-state index in [4.69, 9.17) is 5.73 Å². The van der Waals surface area contributed by atoms with Crippen LogP contribution in [0.1, 0.15) is 39.0 Å². The first-order valence-corrected chi connectivity index (χ1v) is 6.48. The minimum Gasteiger partial charge on any atom is -0.355 e. The van der Waals surface area contributed by atoms with E-state index in [9.17, 15) is 4.79 Å². The number of hydrogen-bond acceptors (Lipinski definition) is 3. The molecular weight excluding hydrogens is 202 g/mol. The van der Waals surface area contributed by atoms with Crippen LogP contribution in [0.5, 0.6) is 0 Å². The highest BCUT2D eigenvalue weighted by atomic mass is 16.2. The molecule has 0 aromatic heterocycles. The van der Waals surface area contributed by atoms with Crippen LogP contribution in [0.15, 0.2) is 0 Å². The summed E-state index contributed by atoms with van der Waals surface area (Å²) in [5, 5.41) is 2.95. The van der Waals surface area contributed by atoms with Crippen LogP contribution in [-0.4, -0.2) is 42.0 Å². The molecule has 0 saturated carbocycles. The summed E-state index contributed by atoms with van der Waals surface area (Å²) < 4.78 is 0. The minimum absolute atomic E-state index is 0.175. The number of nitrogens with zero attached hydrogens (tertiary/aromatic N) is 1. The SMILES string of the molecule is CCCNC(=O)CN1C2CCC1CC(N)C2. The van der Waals surface area contributed by atoms with Crippen LogP contribution in [0.25, 0.3) is 0 Å². The van der Waals surface area contributed by atoms with Crippen molar-refractivity contribution in [3.05, 3.63) is 0 Å². The van der Waals surface area contributed by atoms with Gasteiger partial charge in [-0.25, -0.2) is 0 Å². The van der Waals surface area contributed by atoms with E-state index in [1.54, 1.807) is 0 Å². The first-order chi connectivity index (χ1) is 7.70. The molecule has 2 rings (SSSR count). The molecule has 92 valence electrons. The molecular formula is C12H23N3O. The molecule has 2 atom stereocenters. The third-order valence-electron chi connectivity index (χ3n) is 3.82. The Morgan fingerprint density at radius 1 is 1.38 bits per heavy atom. The van der Waals surface area contributed by atoms with Crippen LogP contribution in [0.4, 0.5) is 0 Å². The van der Waals surface area contributed by atoms with Gasteiger partial charge in [-0.2, -0.15) is 0 Å². The summed E-state index contributed by atoms with van der Waals surface area (Å²) in [4.78, 5) is 14.1. The third-order valence-corrected chi connectivity index (χ3v) is 3.82. The highest BCUT2D eigenvalue weighted by Gasteiger charge is 2.40. The van der Waals surface area contributed by atoms with E-state index in [0.717, 1.165) is 25.8 Å². The average Bonchev–Trinajstić information content (AvgIpc) is 2.50. The van der Waals surface area contributed by atoms with Crippen LogP contribution in [0.2, 0.25) is 0 Å². The van der Waals surface area contributed by atoms with Gasteiger partial charge in [0.2, 0.25) is 5.91 Å². The van der Waals surface area contributed by atoms with Crippen LogP contribution in [-0.2, 0) is 4.79 Å². The molecule has 0 spiro atoms. The predicted molar refractivity (Wildman–Crippen MR) is 64.0 cm³/mol. The summed E-state index contributed by atoms with van der Waals surface area (Å²) >= 11 is 0. The van der Waals surface area contributed by atoms with Crippen molar-refractivity contribution in [3.63, 3.8) is 0 Å². The summed E-state index contributed by atoms with van der Waals surface area (Å²) in [6, 6.07) is 1.47. The van der Waals surface area contributed by atoms with Gasteiger partial charge in [0.15, 0.2) is 0 Å². The molecule has 2 heterocycles. The number of carbonyl (C=O) groups excluding carboxylic acids is 1. The number of nitrogens with one attached hydrogen (secondary N) is 1. The van der Waals surface area contributed by atoms with Crippen molar-refractivity contribution in [3.8, 4) is 0 Å². The van der Waals surface area contributed by atoms with Crippen LogP contribution in [0.3, 0.4) is 0 Å². The summed E-state index contributed by atoms with van der Waals surface area (Å²) in [6.45, 7) is 3.44. The van der Waals surface area contributed by atoms with Gasteiger partial charge in [-0.1, -0.05) is 6.92 Å². The minimum atomic E-state index is 0.175. The van der Waals surface area contributed by atoms with Gasteiger partial charge < -0.3 is 11.1 Å². The number of piperidine rings is 1. The number of rotatable bonds is 4. The molecule has 2 bridgehead atoms. The summed E-state index contributed by atoms with van der Waals surface area (Å²) in [6.07, 6.45) is 5.58. The molecule has 4 heteroatoms. The van der Waals surface area contributed by atoms with Gasteiger partial charge in [0.25, 0.3) is 0 Å². The quantitative estimate of drug-likeness (QED) is 0.731. The van der Waals surface area contributed by atoms with E-state index in [1.807, 2.05) is 0 Å². The first-order valence-electron chi connectivity index (χ1n) is 6.48. The average molecular weight is 225 g/mol. The maximum absolute atomic E-state index is 11.7. The number of fused-ring (bicyclic) bond motifs is 2. The van der Waals surface area contributed by atoms with Crippen molar-refractivity contribution < 1.29 is 4.79 Å². The van der Waals surface area contributed by atoms with Crippen molar-refractivity contribution in [2.75, 3.05) is 13.1 Å². The second kappa shape index (κ2) is 5.15. The molecule has 3 N–H and O–H groups in total. The molecule has 4 nitrogen and oxygen atoms in total. The molecule has 0 aromatic carbocycles. The Bertz CT molecular complexity index is 243. The maximum Gasteiger partial charge on any atom is 0.234 e. The van der Waals surface area contributed by atoms with Gasteiger partial charge >= 0.3 is 0 Å². The molecule has 0 aromatic rings. The van der Waals surface area contributed by atoms with E-state index in [1.165, 1.54) is 12.8 Å². The summed E-state index contributed by atoms with van der Waals surface area (Å²) in [5.41, 5.74) is 6.00. The largest absolute Gasteiger partial charge is 0.355 e. The zero-order valence-electron chi connectivity index (χ0n) is 10.1. The lowest BCUT2D eigenvalue weighted by Crippen LogP contribution is -2.50. The number of carbonyl (C=O) groups is 1. The Morgan fingerprint density at radius 2 is 2.00 bits per heavy atom. The fraction of sp³-hybridized carbons (Fsp3) is 0.917. The van der Waals surface area contributed by atoms with Gasteiger partial charge in [-0.15, -0.1) is 0 Å². The molecule has 2 unspecified atom stereocenters. The number of hydrogen-bond donors (Lipinski definition) is 2. The Kier molecular flexibility index (Phi) is 3.82. The van der Waals surface area contributed by atoms with E-state index in [-0.39, 0.29) is 5.91 Å². The smallest absolute Gasteiger partial charge is 0.234 e. The maximum atomic E-state index is 11.7. The van der Waals surface area contributed by atoms with Gasteiger partial charge in [0.05, 0.1) is 6.54 Å². The van der Waals surface area contributed by atoms with Crippen LogP contribution < -0.4 is 11.1 Å². The number of nitrogens with two attached hydrogens (primary N) is 1. The van der Waals surface area contributed by atoms with E-state index in [2.05, 4.69) is 17.1 Å². The Labute approximate surface area is 97.6 Å². The van der Waals surface area contributed by atoms with E-state index < -0.39 is 0 Å². The summed E-state index contributed by atoms with van der Waals surface area (Å²) in [7, 11) is 0. The van der Waals surface area contributed by atoms with Gasteiger partial charge in [0, 0.05) is 24.7 Å². The topological polar surface area (TPSA) is 58.4 Å². The Hall–Kier alpha value is -0.610. The molecule has 2 aliphatic heterocycles. The van der Waals surface area contributed by atoms with Crippen LogP contribution >= 0.6 is 0 Å². The van der Waals surface area contributed by atoms with Crippen molar-refractivity contribution >= 4 is 5.91 Å². The second-order valence-corrected chi connectivity index (χ2v) is 5.14. The third kappa shape index (κ3) is 2.55. The zero-order chi connectivity index (χ0) is 11.5. The fourth-order valence-corrected chi connectivity index (χ4v) is 3.06. The molecule has 0 radical (unpaired) electrons. The van der Waals surface area contributed by atoms with Gasteiger partial charge in [0.1, 0.15) is 0 Å². The van der Waals surface area contributed by atoms with Gasteiger partial charge in [-0.3, -0.25) is 9.69 Å². The molecule has 0 aliphatic carbocycles. The Balaban J connectivity index is 1.84. The van der Waals surface area contributed by atoms with E-state index >= 15 is 0 Å². The highest BCUT2D eigenvalue weighted by molar-refractivity contribution is 5.78. The number of amides is 1. The molecule has 2 fully saturated rings. The first kappa shape index (κ1) is 11.9. The lowest BCUT2D eigenvalue weighted by atomic mass is 9.98. The molecule has 2 saturated heterocycles. The zero-order valence-corrected chi connectivity index (χ0v) is 10.1. The lowest BCUT2D eigenvalue weighted by molar-refractivity contribution is -0.123. The van der Waals surface area contributed by atoms with Crippen LogP contribution in [0, 0.1) is 0 Å². The standard InChI is InChI=1S/C12H23N3O/c1-2-5-14-12(16)8-15-10-3-4-11(15)7-9(13)6-10/h9-11H,2-8,13H2,1H3,(H,14,16). The van der Waals surface area contributed by atoms with Crippen molar-refractivity contribution in [2.45, 2.75) is 57.2 Å². The van der Waals surface area contributed by atoms with Crippen molar-refractivity contribution in [1.82, 2.24) is 10.2 Å². The molecule has 16 heavy (non-hydrogen) atoms. The highest BCUT2D eigenvalue weighted by Crippen LogP contribution is 2.34. The normalized spacial score (nSPS) is 34.0. The lowest BCUT2D eigenvalue weighted by Gasteiger charge is -2.37.